The van der Waals surface area contributed by atoms with Gasteiger partial charge in [-0.3, -0.25) is 4.79 Å². The van der Waals surface area contributed by atoms with Crippen molar-refractivity contribution >= 4 is 33.4 Å². The maximum absolute atomic E-state index is 13.3. The van der Waals surface area contributed by atoms with Gasteiger partial charge >= 0.3 is 0 Å². The summed E-state index contributed by atoms with van der Waals surface area (Å²) in [7, 11) is -3.65. The lowest BCUT2D eigenvalue weighted by Crippen LogP contribution is -2.30. The number of sulfonamides is 1. The van der Waals surface area contributed by atoms with Gasteiger partial charge in [0.1, 0.15) is 0 Å². The molecule has 0 saturated heterocycles. The highest BCUT2D eigenvalue weighted by molar-refractivity contribution is 7.99. The molecule has 164 valence electrons. The molecule has 2 aromatic carbocycles. The van der Waals surface area contributed by atoms with Gasteiger partial charge in [-0.05, 0) is 55.3 Å². The topological polar surface area (TPSA) is 66.5 Å². The Labute approximate surface area is 180 Å². The Morgan fingerprint density at radius 2 is 1.73 bits per heavy atom. The average molecular weight is 457 g/mol. The molecule has 0 saturated carbocycles. The van der Waals surface area contributed by atoms with Crippen LogP contribution in [0.25, 0.3) is 0 Å². The van der Waals surface area contributed by atoms with E-state index < -0.39 is 21.7 Å². The van der Waals surface area contributed by atoms with Crippen LogP contribution in [0.5, 0.6) is 0 Å². The summed E-state index contributed by atoms with van der Waals surface area (Å²) in [6, 6.07) is 6.68. The van der Waals surface area contributed by atoms with Crippen LogP contribution in [-0.2, 0) is 14.8 Å². The number of halogens is 2. The highest BCUT2D eigenvalue weighted by Crippen LogP contribution is 2.27. The Hall–Kier alpha value is -1.97. The second-order valence-corrected chi connectivity index (χ2v) is 9.83. The van der Waals surface area contributed by atoms with Gasteiger partial charge in [0.05, 0.1) is 4.90 Å². The zero-order valence-electron chi connectivity index (χ0n) is 17.5. The van der Waals surface area contributed by atoms with Gasteiger partial charge in [0.25, 0.3) is 0 Å². The van der Waals surface area contributed by atoms with Gasteiger partial charge in [0, 0.05) is 35.8 Å². The minimum Gasteiger partial charge on any atom is -0.326 e. The van der Waals surface area contributed by atoms with Gasteiger partial charge in [-0.2, -0.15) is 4.31 Å². The monoisotopic (exact) mass is 456 g/mol. The largest absolute Gasteiger partial charge is 0.326 e. The molecule has 30 heavy (non-hydrogen) atoms. The number of hydrogen-bond acceptors (Lipinski definition) is 4. The van der Waals surface area contributed by atoms with Gasteiger partial charge in [-0.25, -0.2) is 17.2 Å². The first-order valence-electron chi connectivity index (χ1n) is 9.59. The predicted molar refractivity (Wildman–Crippen MR) is 116 cm³/mol. The third-order valence-electron chi connectivity index (χ3n) is 4.75. The standard InChI is InChI=1S/C21H26F2N2O3S2/c1-5-25(6-2)30(27,28)17-11-14(3)15(4)20(13-17)24-21(26)9-10-29-16-7-8-18(22)19(23)12-16/h7-8,11-13H,5-6,9-10H2,1-4H3,(H,24,26). The molecule has 0 heterocycles. The molecule has 0 aliphatic heterocycles. The molecule has 1 N–H and O–H groups in total. The summed E-state index contributed by atoms with van der Waals surface area (Å²) in [5, 5.41) is 2.78. The number of carbonyl (C=O) groups excluding carboxylic acids is 1. The third-order valence-corrected chi connectivity index (χ3v) is 7.77. The van der Waals surface area contributed by atoms with Gasteiger partial charge in [0.2, 0.25) is 15.9 Å². The lowest BCUT2D eigenvalue weighted by molar-refractivity contribution is -0.115. The van der Waals surface area contributed by atoms with E-state index in [1.54, 1.807) is 26.8 Å². The fourth-order valence-electron chi connectivity index (χ4n) is 2.86. The summed E-state index contributed by atoms with van der Waals surface area (Å²) in [6.45, 7) is 7.87. The van der Waals surface area contributed by atoms with Crippen LogP contribution in [0, 0.1) is 25.5 Å². The molecular formula is C21H26F2N2O3S2. The number of rotatable bonds is 9. The number of anilines is 1. The summed E-state index contributed by atoms with van der Waals surface area (Å²) in [4.78, 5) is 13.0. The van der Waals surface area contributed by atoms with Gasteiger partial charge in [-0.1, -0.05) is 13.8 Å². The summed E-state index contributed by atoms with van der Waals surface area (Å²) in [6.07, 6.45) is 0.134. The Balaban J connectivity index is 2.10. The highest BCUT2D eigenvalue weighted by Gasteiger charge is 2.23. The van der Waals surface area contributed by atoms with Crippen LogP contribution in [0.2, 0.25) is 0 Å². The summed E-state index contributed by atoms with van der Waals surface area (Å²) in [5.41, 5.74) is 1.99. The molecule has 0 bridgehead atoms. The Bertz CT molecular complexity index is 1020. The first-order valence-corrected chi connectivity index (χ1v) is 12.0. The maximum Gasteiger partial charge on any atom is 0.243 e. The SMILES string of the molecule is CCN(CC)S(=O)(=O)c1cc(C)c(C)c(NC(=O)CCSc2ccc(F)c(F)c2)c1. The van der Waals surface area contributed by atoms with E-state index in [1.165, 1.54) is 28.2 Å². The Morgan fingerprint density at radius 1 is 1.07 bits per heavy atom. The van der Waals surface area contributed by atoms with E-state index >= 15 is 0 Å². The summed E-state index contributed by atoms with van der Waals surface area (Å²) < 4.78 is 53.3. The second-order valence-electron chi connectivity index (χ2n) is 6.72. The molecule has 0 atom stereocenters. The van der Waals surface area contributed by atoms with Crippen molar-refractivity contribution in [3.8, 4) is 0 Å². The molecule has 2 rings (SSSR count). The van der Waals surface area contributed by atoms with Crippen molar-refractivity contribution in [2.24, 2.45) is 0 Å². The number of carbonyl (C=O) groups is 1. The first-order chi connectivity index (χ1) is 14.1. The van der Waals surface area contributed by atoms with Gasteiger partial charge in [0.15, 0.2) is 11.6 Å². The van der Waals surface area contributed by atoms with Crippen molar-refractivity contribution in [1.82, 2.24) is 4.31 Å². The van der Waals surface area contributed by atoms with E-state index in [-0.39, 0.29) is 17.2 Å². The summed E-state index contributed by atoms with van der Waals surface area (Å²) >= 11 is 1.24. The molecular weight excluding hydrogens is 430 g/mol. The van der Waals surface area contributed by atoms with Crippen LogP contribution in [0.1, 0.15) is 31.4 Å². The molecule has 0 aliphatic rings. The molecule has 9 heteroatoms. The number of hydrogen-bond donors (Lipinski definition) is 1. The lowest BCUT2D eigenvalue weighted by atomic mass is 10.1. The number of amides is 1. The minimum absolute atomic E-state index is 0.134. The molecule has 0 aromatic heterocycles. The van der Waals surface area contributed by atoms with Crippen LogP contribution < -0.4 is 5.32 Å². The molecule has 0 radical (unpaired) electrons. The zero-order chi connectivity index (χ0) is 22.5. The number of aryl methyl sites for hydroxylation is 1. The van der Waals surface area contributed by atoms with Crippen molar-refractivity contribution in [2.45, 2.75) is 43.9 Å². The Morgan fingerprint density at radius 3 is 2.33 bits per heavy atom. The van der Waals surface area contributed by atoms with E-state index in [9.17, 15) is 22.0 Å². The fourth-order valence-corrected chi connectivity index (χ4v) is 5.30. The molecule has 0 fully saturated rings. The number of nitrogens with one attached hydrogen (secondary N) is 1. The smallest absolute Gasteiger partial charge is 0.243 e. The highest BCUT2D eigenvalue weighted by atomic mass is 32.2. The third kappa shape index (κ3) is 5.80. The minimum atomic E-state index is -3.65. The van der Waals surface area contributed by atoms with Crippen LogP contribution in [0.4, 0.5) is 14.5 Å². The van der Waals surface area contributed by atoms with Crippen molar-refractivity contribution < 1.29 is 22.0 Å². The molecule has 5 nitrogen and oxygen atoms in total. The molecule has 0 aliphatic carbocycles. The number of thioether (sulfide) groups is 1. The predicted octanol–water partition coefficient (Wildman–Crippen LogP) is 4.73. The van der Waals surface area contributed by atoms with Gasteiger partial charge in [-0.15, -0.1) is 11.8 Å². The van der Waals surface area contributed by atoms with Crippen molar-refractivity contribution in [2.75, 3.05) is 24.2 Å². The van der Waals surface area contributed by atoms with E-state index in [0.29, 0.717) is 29.4 Å². The molecule has 0 spiro atoms. The number of nitrogens with zero attached hydrogens (tertiary/aromatic N) is 1. The van der Waals surface area contributed by atoms with E-state index in [0.717, 1.165) is 23.3 Å². The molecule has 2 aromatic rings. The van der Waals surface area contributed by atoms with E-state index in [4.69, 9.17) is 0 Å². The van der Waals surface area contributed by atoms with Gasteiger partial charge < -0.3 is 5.32 Å². The quantitative estimate of drug-likeness (QED) is 0.554. The van der Waals surface area contributed by atoms with Crippen molar-refractivity contribution in [3.05, 3.63) is 53.1 Å². The van der Waals surface area contributed by atoms with Crippen LogP contribution in [-0.4, -0.2) is 37.5 Å². The van der Waals surface area contributed by atoms with E-state index in [2.05, 4.69) is 5.32 Å². The fraction of sp³-hybridized carbons (Fsp3) is 0.381. The lowest BCUT2D eigenvalue weighted by Gasteiger charge is -2.20. The van der Waals surface area contributed by atoms with Crippen LogP contribution in [0.3, 0.4) is 0 Å². The van der Waals surface area contributed by atoms with Crippen molar-refractivity contribution in [3.63, 3.8) is 0 Å². The molecule has 0 unspecified atom stereocenters. The molecule has 1 amide bonds. The number of benzene rings is 2. The second kappa shape index (κ2) is 10.4. The van der Waals surface area contributed by atoms with E-state index in [1.807, 2.05) is 6.92 Å². The van der Waals surface area contributed by atoms with Crippen molar-refractivity contribution in [1.29, 1.82) is 0 Å². The summed E-state index contributed by atoms with van der Waals surface area (Å²) in [5.74, 6) is -1.76. The normalized spacial score (nSPS) is 11.7. The van der Waals surface area contributed by atoms with Crippen LogP contribution in [0.15, 0.2) is 40.1 Å². The Kier molecular flexibility index (Phi) is 8.40. The first kappa shape index (κ1) is 24.3. The average Bonchev–Trinajstić information content (AvgIpc) is 2.68. The maximum atomic E-state index is 13.3. The van der Waals surface area contributed by atoms with Crippen LogP contribution >= 0.6 is 11.8 Å². The zero-order valence-corrected chi connectivity index (χ0v) is 19.1.